The van der Waals surface area contributed by atoms with Crippen LogP contribution < -0.4 is 11.1 Å². The first-order chi connectivity index (χ1) is 20.1. The van der Waals surface area contributed by atoms with E-state index in [1.54, 1.807) is 48.5 Å². The van der Waals surface area contributed by atoms with E-state index in [0.29, 0.717) is 23.4 Å². The lowest BCUT2D eigenvalue weighted by molar-refractivity contribution is -0.137. The number of amides is 1. The summed E-state index contributed by atoms with van der Waals surface area (Å²) >= 11 is 1.45. The fraction of sp³-hybridized carbons (Fsp3) is 0.212. The van der Waals surface area contributed by atoms with Gasteiger partial charge in [0.05, 0.1) is 12.8 Å². The zero-order valence-corrected chi connectivity index (χ0v) is 24.0. The zero-order valence-electron chi connectivity index (χ0n) is 23.2. The summed E-state index contributed by atoms with van der Waals surface area (Å²) in [6.07, 6.45) is 2.44. The van der Waals surface area contributed by atoms with Gasteiger partial charge in [0.25, 0.3) is 5.91 Å². The number of aromatic nitrogens is 1. The van der Waals surface area contributed by atoms with E-state index in [4.69, 9.17) is 10.5 Å². The van der Waals surface area contributed by atoms with E-state index in [-0.39, 0.29) is 46.9 Å². The molecule has 1 atom stereocenters. The highest BCUT2D eigenvalue weighted by molar-refractivity contribution is 8.00. The molecule has 0 aliphatic carbocycles. The predicted octanol–water partition coefficient (Wildman–Crippen LogP) is 6.07. The van der Waals surface area contributed by atoms with Gasteiger partial charge in [-0.25, -0.2) is 4.39 Å². The SMILES string of the molecule is CC1(C)COC(=O)C1Sc1ccc(NC(=O)c2cccc(-c3cc(C(=O)Cc4ccncc4F)ccc3CN)c2)cc1. The van der Waals surface area contributed by atoms with Gasteiger partial charge in [-0.3, -0.25) is 19.4 Å². The first-order valence-electron chi connectivity index (χ1n) is 13.4. The number of benzene rings is 3. The van der Waals surface area contributed by atoms with Gasteiger partial charge in [0.1, 0.15) is 11.1 Å². The Labute approximate surface area is 247 Å². The lowest BCUT2D eigenvalue weighted by Crippen LogP contribution is -2.26. The van der Waals surface area contributed by atoms with Gasteiger partial charge in [0.15, 0.2) is 5.78 Å². The van der Waals surface area contributed by atoms with Gasteiger partial charge in [0.2, 0.25) is 0 Å². The Bertz CT molecular complexity index is 1660. The van der Waals surface area contributed by atoms with Crippen LogP contribution in [-0.2, 0) is 22.5 Å². The van der Waals surface area contributed by atoms with Gasteiger partial charge in [-0.1, -0.05) is 38.1 Å². The molecule has 7 nitrogen and oxygen atoms in total. The number of carbonyl (C=O) groups is 3. The van der Waals surface area contributed by atoms with E-state index >= 15 is 0 Å². The van der Waals surface area contributed by atoms with Crippen LogP contribution in [0, 0.1) is 11.2 Å². The van der Waals surface area contributed by atoms with Crippen LogP contribution in [0.2, 0.25) is 0 Å². The Morgan fingerprint density at radius 1 is 1.05 bits per heavy atom. The standard InChI is InChI=1S/C33H30FN3O4S/c1-33(2)19-41-32(40)30(33)42-26-10-8-25(9-11-26)37-31(39)23-5-3-4-20(14-23)27-15-22(6-7-24(27)17-35)29(38)16-21-12-13-36-18-28(21)34/h3-15,18,30H,16-17,19,35H2,1-2H3,(H,37,39). The maximum absolute atomic E-state index is 14.1. The lowest BCUT2D eigenvalue weighted by Gasteiger charge is -2.21. The molecule has 5 rings (SSSR count). The van der Waals surface area contributed by atoms with Gasteiger partial charge in [-0.05, 0) is 70.8 Å². The summed E-state index contributed by atoms with van der Waals surface area (Å²) in [7, 11) is 0. The summed E-state index contributed by atoms with van der Waals surface area (Å²) < 4.78 is 19.3. The van der Waals surface area contributed by atoms with E-state index in [9.17, 15) is 18.8 Å². The van der Waals surface area contributed by atoms with Crippen LogP contribution >= 0.6 is 11.8 Å². The first-order valence-corrected chi connectivity index (χ1v) is 14.3. The number of thioether (sulfide) groups is 1. The second kappa shape index (κ2) is 12.3. The number of cyclic esters (lactones) is 1. The normalized spacial score (nSPS) is 15.7. The number of ether oxygens (including phenoxy) is 1. The fourth-order valence-electron chi connectivity index (χ4n) is 4.74. The number of hydrogen-bond donors (Lipinski definition) is 2. The van der Waals surface area contributed by atoms with Crippen LogP contribution in [0.25, 0.3) is 11.1 Å². The molecule has 1 saturated heterocycles. The predicted molar refractivity (Wildman–Crippen MR) is 161 cm³/mol. The lowest BCUT2D eigenvalue weighted by atomic mass is 9.92. The number of nitrogens with one attached hydrogen (secondary N) is 1. The molecule has 42 heavy (non-hydrogen) atoms. The van der Waals surface area contributed by atoms with Crippen molar-refractivity contribution in [1.82, 2.24) is 4.98 Å². The Morgan fingerprint density at radius 3 is 2.52 bits per heavy atom. The maximum atomic E-state index is 14.1. The first kappa shape index (κ1) is 29.2. The molecule has 1 amide bonds. The average Bonchev–Trinajstić information content (AvgIpc) is 3.25. The smallest absolute Gasteiger partial charge is 0.320 e. The highest BCUT2D eigenvalue weighted by atomic mass is 32.2. The minimum absolute atomic E-state index is 0.0992. The molecule has 4 aromatic rings. The Hall–Kier alpha value is -4.34. The number of nitrogens with zero attached hydrogens (tertiary/aromatic N) is 1. The summed E-state index contributed by atoms with van der Waals surface area (Å²) in [5.41, 5.74) is 9.73. The molecule has 1 aliphatic rings. The van der Waals surface area contributed by atoms with Gasteiger partial charge in [-0.2, -0.15) is 0 Å². The minimum atomic E-state index is -0.528. The third-order valence-electron chi connectivity index (χ3n) is 7.17. The fourth-order valence-corrected chi connectivity index (χ4v) is 5.86. The third kappa shape index (κ3) is 6.42. The van der Waals surface area contributed by atoms with Crippen molar-refractivity contribution in [3.05, 3.63) is 113 Å². The molecule has 2 heterocycles. The largest absolute Gasteiger partial charge is 0.464 e. The number of esters is 1. The number of ketones is 1. The molecule has 0 saturated carbocycles. The summed E-state index contributed by atoms with van der Waals surface area (Å²) in [6, 6.07) is 21.1. The van der Waals surface area contributed by atoms with Crippen molar-refractivity contribution in [3.63, 3.8) is 0 Å². The number of rotatable bonds is 9. The molecule has 0 bridgehead atoms. The second-order valence-corrected chi connectivity index (χ2v) is 12.0. The third-order valence-corrected chi connectivity index (χ3v) is 8.78. The van der Waals surface area contributed by atoms with Crippen LogP contribution in [0.1, 0.15) is 45.7 Å². The molecular formula is C33H30FN3O4S. The molecule has 3 N–H and O–H groups in total. The van der Waals surface area contributed by atoms with E-state index in [1.807, 2.05) is 32.0 Å². The van der Waals surface area contributed by atoms with Crippen LogP contribution in [-0.4, -0.2) is 34.5 Å². The van der Waals surface area contributed by atoms with Crippen molar-refractivity contribution in [1.29, 1.82) is 0 Å². The quantitative estimate of drug-likeness (QED) is 0.182. The van der Waals surface area contributed by atoms with E-state index in [1.165, 1.54) is 24.0 Å². The summed E-state index contributed by atoms with van der Waals surface area (Å²) in [5, 5.41) is 2.63. The average molecular weight is 584 g/mol. The molecule has 3 aromatic carbocycles. The number of halogens is 1. The Morgan fingerprint density at radius 2 is 1.83 bits per heavy atom. The van der Waals surface area contributed by atoms with Crippen molar-refractivity contribution < 1.29 is 23.5 Å². The second-order valence-electron chi connectivity index (χ2n) is 10.8. The van der Waals surface area contributed by atoms with E-state index in [0.717, 1.165) is 27.8 Å². The summed E-state index contributed by atoms with van der Waals surface area (Å²) in [6.45, 7) is 4.65. The molecule has 214 valence electrons. The molecule has 1 unspecified atom stereocenters. The minimum Gasteiger partial charge on any atom is -0.464 e. The summed E-state index contributed by atoms with van der Waals surface area (Å²) in [5.74, 6) is -1.28. The van der Waals surface area contributed by atoms with Gasteiger partial charge in [0, 0.05) is 46.3 Å². The van der Waals surface area contributed by atoms with Crippen LogP contribution in [0.15, 0.2) is 90.1 Å². The van der Waals surface area contributed by atoms with Crippen molar-refractivity contribution in [2.24, 2.45) is 11.1 Å². The van der Waals surface area contributed by atoms with Crippen LogP contribution in [0.5, 0.6) is 0 Å². The van der Waals surface area contributed by atoms with Gasteiger partial charge >= 0.3 is 5.97 Å². The molecular weight excluding hydrogens is 553 g/mol. The number of nitrogens with two attached hydrogens (primary N) is 1. The van der Waals surface area contributed by atoms with Gasteiger partial charge in [-0.15, -0.1) is 11.8 Å². The molecule has 0 radical (unpaired) electrons. The topological polar surface area (TPSA) is 111 Å². The molecule has 9 heteroatoms. The van der Waals surface area contributed by atoms with Crippen LogP contribution in [0.3, 0.4) is 0 Å². The zero-order chi connectivity index (χ0) is 29.9. The van der Waals surface area contributed by atoms with E-state index < -0.39 is 5.82 Å². The Kier molecular flexibility index (Phi) is 8.51. The molecule has 1 aromatic heterocycles. The number of anilines is 1. The van der Waals surface area contributed by atoms with Crippen molar-refractivity contribution >= 4 is 35.1 Å². The Balaban J connectivity index is 1.31. The van der Waals surface area contributed by atoms with Crippen molar-refractivity contribution in [2.45, 2.75) is 37.0 Å². The van der Waals surface area contributed by atoms with Crippen molar-refractivity contribution in [2.75, 3.05) is 11.9 Å². The monoisotopic (exact) mass is 583 g/mol. The van der Waals surface area contributed by atoms with Crippen molar-refractivity contribution in [3.8, 4) is 11.1 Å². The summed E-state index contributed by atoms with van der Waals surface area (Å²) in [4.78, 5) is 42.9. The molecule has 1 fully saturated rings. The molecule has 0 spiro atoms. The van der Waals surface area contributed by atoms with Gasteiger partial charge < -0.3 is 15.8 Å². The number of carbonyl (C=O) groups excluding carboxylic acids is 3. The number of hydrogen-bond acceptors (Lipinski definition) is 7. The highest BCUT2D eigenvalue weighted by Crippen LogP contribution is 2.41. The van der Waals surface area contributed by atoms with E-state index in [2.05, 4.69) is 10.3 Å². The number of Topliss-reactive ketones (excluding diaryl/α,β-unsaturated/α-hetero) is 1. The number of pyridine rings is 1. The highest BCUT2D eigenvalue weighted by Gasteiger charge is 2.44. The molecule has 1 aliphatic heterocycles. The maximum Gasteiger partial charge on any atom is 0.320 e. The van der Waals surface area contributed by atoms with Crippen LogP contribution in [0.4, 0.5) is 10.1 Å².